The molecule has 1 unspecified atom stereocenters. The summed E-state index contributed by atoms with van der Waals surface area (Å²) in [6.45, 7) is 8.60. The van der Waals surface area contributed by atoms with Crippen LogP contribution in [0.1, 0.15) is 36.7 Å². The zero-order valence-corrected chi connectivity index (χ0v) is 21.1. The van der Waals surface area contributed by atoms with Crippen molar-refractivity contribution < 1.29 is 9.59 Å². The highest BCUT2D eigenvalue weighted by Gasteiger charge is 2.44. The minimum Gasteiger partial charge on any atom is -0.338 e. The zero-order valence-electron chi connectivity index (χ0n) is 21.1. The van der Waals surface area contributed by atoms with Gasteiger partial charge in [-0.1, -0.05) is 36.9 Å². The van der Waals surface area contributed by atoms with Gasteiger partial charge in [-0.25, -0.2) is 4.79 Å². The largest absolute Gasteiger partial charge is 0.338 e. The smallest absolute Gasteiger partial charge is 0.319 e. The fourth-order valence-electron chi connectivity index (χ4n) is 4.42. The Kier molecular flexibility index (Phi) is 7.12. The Morgan fingerprint density at radius 2 is 1.81 bits per heavy atom. The molecule has 1 aromatic heterocycles. The van der Waals surface area contributed by atoms with Crippen LogP contribution in [0.4, 0.5) is 22.0 Å². The lowest BCUT2D eigenvalue weighted by atomic mass is 10.0. The van der Waals surface area contributed by atoms with Crippen LogP contribution >= 0.6 is 0 Å². The van der Waals surface area contributed by atoms with Gasteiger partial charge in [-0.2, -0.15) is 5.10 Å². The molecule has 0 aliphatic carbocycles. The third-order valence-electron chi connectivity index (χ3n) is 6.36. The van der Waals surface area contributed by atoms with E-state index in [2.05, 4.69) is 37.6 Å². The number of benzene rings is 2. The van der Waals surface area contributed by atoms with E-state index in [0.717, 1.165) is 22.5 Å². The summed E-state index contributed by atoms with van der Waals surface area (Å²) in [6.07, 6.45) is 1.23. The van der Waals surface area contributed by atoms with Crippen LogP contribution in [0.3, 0.4) is 0 Å². The number of H-pyrrole nitrogens is 1. The summed E-state index contributed by atoms with van der Waals surface area (Å²) in [6, 6.07) is 17.1. The Morgan fingerprint density at radius 3 is 2.44 bits per heavy atom. The number of rotatable bonds is 8. The van der Waals surface area contributed by atoms with E-state index in [4.69, 9.17) is 0 Å². The summed E-state index contributed by atoms with van der Waals surface area (Å²) in [7, 11) is 3.99. The Bertz CT molecular complexity index is 1230. The van der Waals surface area contributed by atoms with Crippen molar-refractivity contribution in [2.45, 2.75) is 32.0 Å². The van der Waals surface area contributed by atoms with Crippen molar-refractivity contribution in [1.29, 1.82) is 0 Å². The van der Waals surface area contributed by atoms with Gasteiger partial charge in [0.1, 0.15) is 0 Å². The molecular weight excluding hydrogens is 454 g/mol. The molecule has 2 aromatic carbocycles. The molecule has 36 heavy (non-hydrogen) atoms. The number of nitrogens with one attached hydrogen (secondary N) is 4. The van der Waals surface area contributed by atoms with Crippen molar-refractivity contribution >= 4 is 29.1 Å². The van der Waals surface area contributed by atoms with Gasteiger partial charge in [0.25, 0.3) is 0 Å². The van der Waals surface area contributed by atoms with Crippen molar-refractivity contribution in [1.82, 2.24) is 25.3 Å². The number of carbonyl (C=O) groups is 2. The van der Waals surface area contributed by atoms with Gasteiger partial charge in [-0.15, -0.1) is 0 Å². The van der Waals surface area contributed by atoms with E-state index in [1.54, 1.807) is 12.1 Å². The summed E-state index contributed by atoms with van der Waals surface area (Å²) in [5.41, 5.74) is 3.84. The molecule has 0 saturated heterocycles. The first-order valence-electron chi connectivity index (χ1n) is 11.8. The van der Waals surface area contributed by atoms with Crippen LogP contribution in [0.2, 0.25) is 0 Å². The molecule has 188 valence electrons. The van der Waals surface area contributed by atoms with E-state index < -0.39 is 5.54 Å². The normalized spacial score (nSPS) is 14.8. The quantitative estimate of drug-likeness (QED) is 0.354. The van der Waals surface area contributed by atoms with E-state index >= 15 is 0 Å². The minimum atomic E-state index is -0.565. The summed E-state index contributed by atoms with van der Waals surface area (Å²) in [4.78, 5) is 28.9. The summed E-state index contributed by atoms with van der Waals surface area (Å²) in [5.74, 6) is 0.408. The molecule has 1 aliphatic heterocycles. The number of hydrogen-bond acceptors (Lipinski definition) is 5. The van der Waals surface area contributed by atoms with E-state index in [0.29, 0.717) is 24.6 Å². The average Bonchev–Trinajstić information content (AvgIpc) is 3.37. The van der Waals surface area contributed by atoms with Gasteiger partial charge in [0.2, 0.25) is 5.91 Å². The van der Waals surface area contributed by atoms with Crippen LogP contribution in [0, 0.1) is 0 Å². The van der Waals surface area contributed by atoms with E-state index in [1.165, 1.54) is 6.08 Å². The Balaban J connectivity index is 1.49. The Labute approximate surface area is 211 Å². The van der Waals surface area contributed by atoms with Gasteiger partial charge in [0.05, 0.1) is 23.8 Å². The summed E-state index contributed by atoms with van der Waals surface area (Å²) in [5, 5.41) is 16.9. The first kappa shape index (κ1) is 25.0. The van der Waals surface area contributed by atoms with Gasteiger partial charge >= 0.3 is 6.03 Å². The lowest BCUT2D eigenvalue weighted by Crippen LogP contribution is -2.48. The molecule has 4 rings (SSSR count). The second-order valence-corrected chi connectivity index (χ2v) is 9.64. The number of aromatic amines is 1. The Morgan fingerprint density at radius 1 is 1.14 bits per heavy atom. The van der Waals surface area contributed by atoms with Crippen LogP contribution in [0.25, 0.3) is 0 Å². The monoisotopic (exact) mass is 487 g/mol. The predicted molar refractivity (Wildman–Crippen MR) is 142 cm³/mol. The number of fused-ring (bicyclic) bond motifs is 1. The number of nitrogens with zero attached hydrogens (tertiary/aromatic N) is 3. The molecule has 9 nitrogen and oxygen atoms in total. The highest BCUT2D eigenvalue weighted by Crippen LogP contribution is 2.41. The summed E-state index contributed by atoms with van der Waals surface area (Å²) < 4.78 is 0. The van der Waals surface area contributed by atoms with Crippen LogP contribution in [-0.4, -0.2) is 52.6 Å². The van der Waals surface area contributed by atoms with Gasteiger partial charge in [-0.3, -0.25) is 9.89 Å². The van der Waals surface area contributed by atoms with Gasteiger partial charge in [-0.05, 0) is 63.8 Å². The van der Waals surface area contributed by atoms with Crippen molar-refractivity contribution in [3.8, 4) is 0 Å². The molecule has 1 atom stereocenters. The van der Waals surface area contributed by atoms with Gasteiger partial charge in [0.15, 0.2) is 5.82 Å². The summed E-state index contributed by atoms with van der Waals surface area (Å²) >= 11 is 0. The highest BCUT2D eigenvalue weighted by atomic mass is 16.2. The fourth-order valence-corrected chi connectivity index (χ4v) is 4.42. The van der Waals surface area contributed by atoms with E-state index in [9.17, 15) is 9.59 Å². The van der Waals surface area contributed by atoms with E-state index in [1.807, 2.05) is 75.3 Å². The molecule has 4 N–H and O–H groups in total. The van der Waals surface area contributed by atoms with Crippen LogP contribution < -0.4 is 16.0 Å². The molecule has 0 radical (unpaired) electrons. The number of likely N-dealkylation sites (N-methyl/N-ethyl adjacent to an activating group) is 1. The SMILES string of the molecule is C=CC(=O)Nc1ccc(Nc2n[nH]c3c2CN(C(=O)NC(CN(C)C)c2ccccc2)C3(C)C)cc1. The zero-order chi connectivity index (χ0) is 25.9. The fraction of sp³-hybridized carbons (Fsp3) is 0.296. The first-order chi connectivity index (χ1) is 17.2. The molecule has 0 saturated carbocycles. The predicted octanol–water partition coefficient (Wildman–Crippen LogP) is 4.34. The van der Waals surface area contributed by atoms with Crippen molar-refractivity contribution in [2.24, 2.45) is 0 Å². The number of amides is 3. The number of hydrogen-bond donors (Lipinski definition) is 4. The van der Waals surface area contributed by atoms with Gasteiger partial charge in [0, 0.05) is 23.5 Å². The van der Waals surface area contributed by atoms with Crippen LogP contribution in [-0.2, 0) is 16.9 Å². The maximum atomic E-state index is 13.5. The number of aromatic nitrogens is 2. The second kappa shape index (κ2) is 10.2. The molecule has 2 heterocycles. The highest BCUT2D eigenvalue weighted by molar-refractivity contribution is 5.98. The maximum absolute atomic E-state index is 13.5. The van der Waals surface area contributed by atoms with Crippen molar-refractivity contribution in [3.63, 3.8) is 0 Å². The molecule has 3 aromatic rings. The average molecular weight is 488 g/mol. The number of anilines is 3. The lowest BCUT2D eigenvalue weighted by Gasteiger charge is -2.34. The molecule has 3 amide bonds. The molecule has 1 aliphatic rings. The Hall–Kier alpha value is -4.11. The molecule has 0 fully saturated rings. The van der Waals surface area contributed by atoms with Crippen molar-refractivity contribution in [2.75, 3.05) is 31.3 Å². The van der Waals surface area contributed by atoms with E-state index in [-0.39, 0.29) is 18.0 Å². The first-order valence-corrected chi connectivity index (χ1v) is 11.8. The van der Waals surface area contributed by atoms with Crippen LogP contribution in [0.15, 0.2) is 67.3 Å². The third kappa shape index (κ3) is 5.26. The molecule has 9 heteroatoms. The standard InChI is InChI=1S/C27H33N7O2/c1-6-23(35)28-19-12-14-20(15-13-19)29-25-21-16-34(27(2,3)24(21)31-32-25)26(36)30-22(17-33(4)5)18-10-8-7-9-11-18/h6-15,22H,1,16-17H2,2-5H3,(H,28,35)(H,30,36)(H2,29,31,32). The van der Waals surface area contributed by atoms with Crippen molar-refractivity contribution in [3.05, 3.63) is 84.1 Å². The lowest BCUT2D eigenvalue weighted by molar-refractivity contribution is -0.111. The molecular formula is C27H33N7O2. The van der Waals surface area contributed by atoms with Crippen LogP contribution in [0.5, 0.6) is 0 Å². The maximum Gasteiger partial charge on any atom is 0.319 e. The number of carbonyl (C=O) groups excluding carboxylic acids is 2. The minimum absolute atomic E-state index is 0.131. The molecule has 0 spiro atoms. The molecule has 0 bridgehead atoms. The number of urea groups is 1. The van der Waals surface area contributed by atoms with Gasteiger partial charge < -0.3 is 25.8 Å². The topological polar surface area (TPSA) is 105 Å². The third-order valence-corrected chi connectivity index (χ3v) is 6.36. The second-order valence-electron chi connectivity index (χ2n) is 9.64.